The van der Waals surface area contributed by atoms with Crippen LogP contribution in [0.5, 0.6) is 0 Å². The van der Waals surface area contributed by atoms with Gasteiger partial charge in [-0.15, -0.1) is 18.3 Å². The van der Waals surface area contributed by atoms with Gasteiger partial charge in [-0.2, -0.15) is 0 Å². The van der Waals surface area contributed by atoms with Gasteiger partial charge >= 0.3 is 0 Å². The molecule has 2 amide bonds. The summed E-state index contributed by atoms with van der Waals surface area (Å²) >= 11 is 1.53. The SMILES string of the molecule is C=CCSCC(=O)N1CCCc2c(NC(=O)c3ccc(F)cc3)cccc21. The van der Waals surface area contributed by atoms with Crippen LogP contribution in [-0.4, -0.2) is 29.9 Å². The molecule has 2 aromatic rings. The van der Waals surface area contributed by atoms with E-state index in [0.29, 0.717) is 23.5 Å². The van der Waals surface area contributed by atoms with Gasteiger partial charge in [0.2, 0.25) is 5.91 Å². The lowest BCUT2D eigenvalue weighted by Crippen LogP contribution is -2.37. The smallest absolute Gasteiger partial charge is 0.255 e. The van der Waals surface area contributed by atoms with Gasteiger partial charge in [-0.3, -0.25) is 9.59 Å². The van der Waals surface area contributed by atoms with Crippen molar-refractivity contribution in [2.24, 2.45) is 0 Å². The van der Waals surface area contributed by atoms with E-state index in [1.54, 1.807) is 11.0 Å². The highest BCUT2D eigenvalue weighted by atomic mass is 32.2. The molecule has 27 heavy (non-hydrogen) atoms. The summed E-state index contributed by atoms with van der Waals surface area (Å²) in [7, 11) is 0. The van der Waals surface area contributed by atoms with Crippen molar-refractivity contribution >= 4 is 35.0 Å². The maximum atomic E-state index is 13.1. The summed E-state index contributed by atoms with van der Waals surface area (Å²) in [6, 6.07) is 11.0. The lowest BCUT2D eigenvalue weighted by Gasteiger charge is -2.31. The highest BCUT2D eigenvalue weighted by Gasteiger charge is 2.24. The van der Waals surface area contributed by atoms with Crippen molar-refractivity contribution in [2.75, 3.05) is 28.3 Å². The zero-order valence-corrected chi connectivity index (χ0v) is 15.7. The van der Waals surface area contributed by atoms with Gasteiger partial charge in [0.25, 0.3) is 5.91 Å². The van der Waals surface area contributed by atoms with Crippen LogP contribution in [0.4, 0.5) is 15.8 Å². The van der Waals surface area contributed by atoms with Crippen molar-refractivity contribution in [1.29, 1.82) is 0 Å². The van der Waals surface area contributed by atoms with E-state index in [0.717, 1.165) is 29.8 Å². The number of anilines is 2. The molecular formula is C21H21FN2O2S. The molecule has 0 saturated carbocycles. The van der Waals surface area contributed by atoms with Crippen LogP contribution >= 0.6 is 11.8 Å². The number of amides is 2. The molecule has 1 aliphatic rings. The Hall–Kier alpha value is -2.60. The molecule has 0 aliphatic carbocycles. The van der Waals surface area contributed by atoms with Gasteiger partial charge in [0.05, 0.1) is 5.75 Å². The average molecular weight is 384 g/mol. The quantitative estimate of drug-likeness (QED) is 0.597. The molecule has 3 rings (SSSR count). The van der Waals surface area contributed by atoms with Crippen molar-refractivity contribution in [3.8, 4) is 0 Å². The number of nitrogens with zero attached hydrogens (tertiary/aromatic N) is 1. The van der Waals surface area contributed by atoms with Crippen molar-refractivity contribution in [3.05, 3.63) is 72.1 Å². The fourth-order valence-electron chi connectivity index (χ4n) is 3.10. The summed E-state index contributed by atoms with van der Waals surface area (Å²) in [6.45, 7) is 4.34. The van der Waals surface area contributed by atoms with Gasteiger partial charge < -0.3 is 10.2 Å². The Bertz CT molecular complexity index is 852. The van der Waals surface area contributed by atoms with Gasteiger partial charge in [-0.25, -0.2) is 4.39 Å². The molecule has 0 atom stereocenters. The molecule has 0 radical (unpaired) electrons. The van der Waals surface area contributed by atoms with E-state index in [9.17, 15) is 14.0 Å². The van der Waals surface area contributed by atoms with Crippen LogP contribution in [0.2, 0.25) is 0 Å². The molecule has 1 aliphatic heterocycles. The molecule has 6 heteroatoms. The average Bonchev–Trinajstić information content (AvgIpc) is 2.68. The number of carbonyl (C=O) groups is 2. The van der Waals surface area contributed by atoms with Crippen LogP contribution in [0.3, 0.4) is 0 Å². The second-order valence-electron chi connectivity index (χ2n) is 6.22. The van der Waals surface area contributed by atoms with Crippen molar-refractivity contribution in [3.63, 3.8) is 0 Å². The maximum absolute atomic E-state index is 13.1. The van der Waals surface area contributed by atoms with Gasteiger partial charge in [-0.05, 0) is 54.8 Å². The number of nitrogens with one attached hydrogen (secondary N) is 1. The van der Waals surface area contributed by atoms with E-state index in [1.807, 2.05) is 18.2 Å². The number of hydrogen-bond acceptors (Lipinski definition) is 3. The molecule has 140 valence electrons. The third-order valence-electron chi connectivity index (χ3n) is 4.37. The van der Waals surface area contributed by atoms with Crippen LogP contribution in [0.25, 0.3) is 0 Å². The first-order chi connectivity index (χ1) is 13.1. The summed E-state index contributed by atoms with van der Waals surface area (Å²) in [5.74, 6) is 0.517. The molecule has 1 N–H and O–H groups in total. The monoisotopic (exact) mass is 384 g/mol. The van der Waals surface area contributed by atoms with E-state index in [1.165, 1.54) is 36.0 Å². The van der Waals surface area contributed by atoms with E-state index in [-0.39, 0.29) is 17.6 Å². The lowest BCUT2D eigenvalue weighted by atomic mass is 9.99. The minimum Gasteiger partial charge on any atom is -0.322 e. The highest BCUT2D eigenvalue weighted by molar-refractivity contribution is 8.00. The summed E-state index contributed by atoms with van der Waals surface area (Å²) in [5, 5.41) is 2.90. The zero-order chi connectivity index (χ0) is 19.2. The molecule has 0 spiro atoms. The number of halogens is 1. The third-order valence-corrected chi connectivity index (χ3v) is 5.29. The van der Waals surface area contributed by atoms with Gasteiger partial charge in [0.15, 0.2) is 0 Å². The normalized spacial score (nSPS) is 13.0. The molecule has 0 saturated heterocycles. The Balaban J connectivity index is 1.79. The second kappa shape index (κ2) is 8.86. The van der Waals surface area contributed by atoms with Gasteiger partial charge in [-0.1, -0.05) is 12.1 Å². The number of benzene rings is 2. The van der Waals surface area contributed by atoms with E-state index >= 15 is 0 Å². The summed E-state index contributed by atoms with van der Waals surface area (Å²) in [6.07, 6.45) is 3.41. The first-order valence-electron chi connectivity index (χ1n) is 8.78. The molecule has 4 nitrogen and oxygen atoms in total. The van der Waals surface area contributed by atoms with Crippen LogP contribution < -0.4 is 10.2 Å². The zero-order valence-electron chi connectivity index (χ0n) is 14.9. The van der Waals surface area contributed by atoms with E-state index in [4.69, 9.17) is 0 Å². The predicted octanol–water partition coefficient (Wildman–Crippen LogP) is 4.28. The minimum atomic E-state index is -0.382. The summed E-state index contributed by atoms with van der Waals surface area (Å²) < 4.78 is 13.1. The predicted molar refractivity (Wildman–Crippen MR) is 109 cm³/mol. The van der Waals surface area contributed by atoms with E-state index < -0.39 is 0 Å². The molecule has 1 heterocycles. The molecule has 0 unspecified atom stereocenters. The van der Waals surface area contributed by atoms with Crippen molar-refractivity contribution in [2.45, 2.75) is 12.8 Å². The molecule has 0 fully saturated rings. The topological polar surface area (TPSA) is 49.4 Å². The van der Waals surface area contributed by atoms with Gasteiger partial charge in [0, 0.05) is 29.2 Å². The second-order valence-corrected chi connectivity index (χ2v) is 7.25. The Morgan fingerprint density at radius 1 is 1.22 bits per heavy atom. The third kappa shape index (κ3) is 4.57. The van der Waals surface area contributed by atoms with Crippen molar-refractivity contribution in [1.82, 2.24) is 0 Å². The van der Waals surface area contributed by atoms with E-state index in [2.05, 4.69) is 11.9 Å². The van der Waals surface area contributed by atoms with Crippen LogP contribution in [0.1, 0.15) is 22.3 Å². The summed E-state index contributed by atoms with van der Waals surface area (Å²) in [4.78, 5) is 26.8. The molecule has 0 bridgehead atoms. The molecule has 2 aromatic carbocycles. The number of carbonyl (C=O) groups excluding carboxylic acids is 2. The van der Waals surface area contributed by atoms with Gasteiger partial charge in [0.1, 0.15) is 5.82 Å². The maximum Gasteiger partial charge on any atom is 0.255 e. The number of fused-ring (bicyclic) bond motifs is 1. The number of rotatable bonds is 6. The standard InChI is InChI=1S/C21H21FN2O2S/c1-2-13-27-14-20(25)24-12-4-5-17-18(6-3-7-19(17)24)23-21(26)15-8-10-16(22)11-9-15/h2-3,6-11H,1,4-5,12-14H2,(H,23,26). The lowest BCUT2D eigenvalue weighted by molar-refractivity contribution is -0.116. The van der Waals surface area contributed by atoms with Crippen LogP contribution in [0.15, 0.2) is 55.1 Å². The Kier molecular flexibility index (Phi) is 6.29. The van der Waals surface area contributed by atoms with Crippen LogP contribution in [0, 0.1) is 5.82 Å². The Morgan fingerprint density at radius 2 is 2.00 bits per heavy atom. The molecular weight excluding hydrogens is 363 g/mol. The first-order valence-corrected chi connectivity index (χ1v) is 9.93. The van der Waals surface area contributed by atoms with Crippen LogP contribution in [-0.2, 0) is 11.2 Å². The Morgan fingerprint density at radius 3 is 2.74 bits per heavy atom. The fraction of sp³-hybridized carbons (Fsp3) is 0.238. The summed E-state index contributed by atoms with van der Waals surface area (Å²) in [5.41, 5.74) is 2.89. The fourth-order valence-corrected chi connectivity index (χ4v) is 3.72. The minimum absolute atomic E-state index is 0.0600. The first kappa shape index (κ1) is 19.2. The number of thioether (sulfide) groups is 1. The van der Waals surface area contributed by atoms with Crippen molar-refractivity contribution < 1.29 is 14.0 Å². The number of hydrogen-bond donors (Lipinski definition) is 1. The Labute approximate surface area is 162 Å². The highest BCUT2D eigenvalue weighted by Crippen LogP contribution is 2.33. The largest absolute Gasteiger partial charge is 0.322 e. The molecule has 0 aromatic heterocycles.